The number of fused-ring (bicyclic) bond motifs is 3. The second-order valence-corrected chi connectivity index (χ2v) is 8.02. The Kier molecular flexibility index (Phi) is 1.79. The molecular formula is C11H11S3+. The summed E-state index contributed by atoms with van der Waals surface area (Å²) < 4.78 is 6.24. The Hall–Kier alpha value is -0.380. The minimum atomic E-state index is 0.340. The third-order valence-electron chi connectivity index (χ3n) is 2.51. The molecule has 0 aromatic carbocycles. The number of aryl methyl sites for hydroxylation is 3. The lowest BCUT2D eigenvalue weighted by molar-refractivity contribution is 1.66. The van der Waals surface area contributed by atoms with Crippen LogP contribution in [0.1, 0.15) is 9.75 Å². The molecule has 0 nitrogen and oxygen atoms in total. The molecule has 0 N–H and O–H groups in total. The van der Waals surface area contributed by atoms with Crippen molar-refractivity contribution in [2.45, 2.75) is 13.8 Å². The van der Waals surface area contributed by atoms with E-state index in [0.29, 0.717) is 10.5 Å². The highest BCUT2D eigenvalue weighted by atomic mass is 32.2. The SMILES string of the molecule is Cc1cc2c(s1)c1sc(C)cc1[s+]2C. The van der Waals surface area contributed by atoms with Crippen LogP contribution in [0.15, 0.2) is 12.1 Å². The second kappa shape index (κ2) is 2.81. The first kappa shape index (κ1) is 8.89. The van der Waals surface area contributed by atoms with Gasteiger partial charge in [0.2, 0.25) is 0 Å². The molecule has 0 unspecified atom stereocenters. The zero-order valence-corrected chi connectivity index (χ0v) is 10.8. The zero-order chi connectivity index (χ0) is 9.87. The molecule has 3 heteroatoms. The van der Waals surface area contributed by atoms with Crippen LogP contribution >= 0.6 is 33.1 Å². The zero-order valence-electron chi connectivity index (χ0n) is 8.38. The third kappa shape index (κ3) is 1.03. The van der Waals surface area contributed by atoms with E-state index in [-0.39, 0.29) is 0 Å². The lowest BCUT2D eigenvalue weighted by Crippen LogP contribution is -1.54. The largest absolute Gasteiger partial charge is 0.193 e. The van der Waals surface area contributed by atoms with E-state index in [0.717, 1.165) is 0 Å². The van der Waals surface area contributed by atoms with Crippen molar-refractivity contribution in [1.29, 1.82) is 0 Å². The fourth-order valence-corrected chi connectivity index (χ4v) is 6.83. The molecule has 0 saturated heterocycles. The van der Waals surface area contributed by atoms with Crippen LogP contribution in [-0.4, -0.2) is 0 Å². The predicted octanol–water partition coefficient (Wildman–Crippen LogP) is 5.02. The van der Waals surface area contributed by atoms with Crippen molar-refractivity contribution >= 4 is 51.9 Å². The first-order chi connectivity index (χ1) is 6.66. The molecule has 0 fully saturated rings. The normalized spacial score (nSPS) is 11.9. The van der Waals surface area contributed by atoms with Crippen molar-refractivity contribution in [3.8, 4) is 0 Å². The molecular weight excluding hydrogens is 228 g/mol. The van der Waals surface area contributed by atoms with Crippen molar-refractivity contribution in [2.75, 3.05) is 0 Å². The van der Waals surface area contributed by atoms with Gasteiger partial charge in [0, 0.05) is 21.9 Å². The van der Waals surface area contributed by atoms with Gasteiger partial charge >= 0.3 is 0 Å². The van der Waals surface area contributed by atoms with Crippen LogP contribution < -0.4 is 0 Å². The molecule has 0 aliphatic heterocycles. The van der Waals surface area contributed by atoms with Crippen LogP contribution in [0, 0.1) is 13.8 Å². The van der Waals surface area contributed by atoms with Gasteiger partial charge < -0.3 is 0 Å². The molecule has 3 rings (SSSR count). The van der Waals surface area contributed by atoms with E-state index < -0.39 is 0 Å². The minimum Gasteiger partial charge on any atom is -0.134 e. The topological polar surface area (TPSA) is 0 Å². The monoisotopic (exact) mass is 239 g/mol. The molecule has 0 amide bonds. The van der Waals surface area contributed by atoms with Gasteiger partial charge in [-0.2, -0.15) is 0 Å². The summed E-state index contributed by atoms with van der Waals surface area (Å²) in [7, 11) is 0.340. The lowest BCUT2D eigenvalue weighted by atomic mass is 10.4. The van der Waals surface area contributed by atoms with Crippen molar-refractivity contribution in [1.82, 2.24) is 0 Å². The van der Waals surface area contributed by atoms with Gasteiger partial charge in [0.1, 0.15) is 15.7 Å². The van der Waals surface area contributed by atoms with E-state index in [4.69, 9.17) is 0 Å². The van der Waals surface area contributed by atoms with Crippen LogP contribution in [-0.2, 0) is 6.26 Å². The van der Waals surface area contributed by atoms with Gasteiger partial charge in [-0.05, 0) is 24.3 Å². The van der Waals surface area contributed by atoms with Crippen LogP contribution in [0.25, 0.3) is 18.8 Å². The molecule has 0 spiro atoms. The van der Waals surface area contributed by atoms with Gasteiger partial charge in [-0.3, -0.25) is 0 Å². The molecule has 0 saturated carbocycles. The molecule has 3 aromatic rings. The van der Waals surface area contributed by atoms with Crippen LogP contribution in [0.3, 0.4) is 0 Å². The number of hydrogen-bond donors (Lipinski definition) is 0. The highest BCUT2D eigenvalue weighted by Crippen LogP contribution is 2.48. The molecule has 3 aromatic heterocycles. The fraction of sp³-hybridized carbons (Fsp3) is 0.273. The summed E-state index contributed by atoms with van der Waals surface area (Å²) in [5.41, 5.74) is 0. The van der Waals surface area contributed by atoms with Gasteiger partial charge in [-0.1, -0.05) is 0 Å². The summed E-state index contributed by atoms with van der Waals surface area (Å²) in [6, 6.07) is 4.73. The van der Waals surface area contributed by atoms with E-state index in [1.165, 1.54) is 9.75 Å². The highest BCUT2D eigenvalue weighted by molar-refractivity contribution is 7.47. The average Bonchev–Trinajstić information content (AvgIpc) is 2.71. The van der Waals surface area contributed by atoms with E-state index >= 15 is 0 Å². The van der Waals surface area contributed by atoms with Gasteiger partial charge in [0.25, 0.3) is 0 Å². The summed E-state index contributed by atoms with van der Waals surface area (Å²) in [5, 5.41) is 0. The van der Waals surface area contributed by atoms with Crippen LogP contribution in [0.2, 0.25) is 0 Å². The van der Waals surface area contributed by atoms with Crippen molar-refractivity contribution in [3.63, 3.8) is 0 Å². The molecule has 0 bridgehead atoms. The average molecular weight is 239 g/mol. The van der Waals surface area contributed by atoms with E-state index in [2.05, 4.69) is 32.2 Å². The molecule has 72 valence electrons. The summed E-state index contributed by atoms with van der Waals surface area (Å²) in [6.45, 7) is 4.42. The number of thiophene rings is 3. The molecule has 0 aliphatic rings. The lowest BCUT2D eigenvalue weighted by Gasteiger charge is -1.75. The predicted molar refractivity (Wildman–Crippen MR) is 70.1 cm³/mol. The van der Waals surface area contributed by atoms with E-state index in [1.54, 1.807) is 18.8 Å². The maximum atomic E-state index is 2.37. The first-order valence-corrected chi connectivity index (χ1v) is 7.80. The Morgan fingerprint density at radius 3 is 1.79 bits per heavy atom. The fourth-order valence-electron chi connectivity index (χ4n) is 1.87. The summed E-state index contributed by atoms with van der Waals surface area (Å²) in [6.07, 6.45) is 2.35. The van der Waals surface area contributed by atoms with Gasteiger partial charge in [0.05, 0.1) is 0 Å². The molecule has 0 aliphatic carbocycles. The minimum absolute atomic E-state index is 0.340. The Morgan fingerprint density at radius 2 is 1.36 bits per heavy atom. The van der Waals surface area contributed by atoms with Crippen molar-refractivity contribution in [2.24, 2.45) is 6.26 Å². The second-order valence-electron chi connectivity index (χ2n) is 3.61. The quantitative estimate of drug-likeness (QED) is 0.483. The maximum absolute atomic E-state index is 2.37. The molecule has 3 heterocycles. The van der Waals surface area contributed by atoms with Crippen molar-refractivity contribution in [3.05, 3.63) is 21.9 Å². The van der Waals surface area contributed by atoms with Crippen molar-refractivity contribution < 1.29 is 0 Å². The first-order valence-electron chi connectivity index (χ1n) is 4.54. The van der Waals surface area contributed by atoms with E-state index in [1.807, 2.05) is 22.7 Å². The Labute approximate surface area is 93.8 Å². The molecule has 14 heavy (non-hydrogen) atoms. The van der Waals surface area contributed by atoms with Gasteiger partial charge in [-0.15, -0.1) is 22.7 Å². The third-order valence-corrected chi connectivity index (χ3v) is 7.00. The molecule has 0 radical (unpaired) electrons. The van der Waals surface area contributed by atoms with Gasteiger partial charge in [0.15, 0.2) is 9.40 Å². The van der Waals surface area contributed by atoms with E-state index in [9.17, 15) is 0 Å². The highest BCUT2D eigenvalue weighted by Gasteiger charge is 2.21. The summed E-state index contributed by atoms with van der Waals surface area (Å²) in [5.74, 6) is 0. The molecule has 0 atom stereocenters. The summed E-state index contributed by atoms with van der Waals surface area (Å²) in [4.78, 5) is 2.90. The van der Waals surface area contributed by atoms with Crippen LogP contribution in [0.5, 0.6) is 0 Å². The van der Waals surface area contributed by atoms with Crippen LogP contribution in [0.4, 0.5) is 0 Å². The van der Waals surface area contributed by atoms with Gasteiger partial charge in [-0.25, -0.2) is 0 Å². The standard InChI is InChI=1S/C11H11S3/c1-6-4-8-10(12-6)11-9(14(8)3)5-7(2)13-11/h4-5H,1-3H3/q+1. The Bertz CT molecular complexity index is 568. The smallest absolute Gasteiger partial charge is 0.134 e. The Morgan fingerprint density at radius 1 is 0.929 bits per heavy atom. The maximum Gasteiger partial charge on any atom is 0.193 e. The number of hydrogen-bond acceptors (Lipinski definition) is 2. The summed E-state index contributed by atoms with van der Waals surface area (Å²) >= 11 is 3.91. The Balaban J connectivity index is 2.62. The number of rotatable bonds is 0.